The highest BCUT2D eigenvalue weighted by Gasteiger charge is 2.35. The molecular weight excluding hydrogens is 401 g/mol. The Bertz CT molecular complexity index is 868. The zero-order chi connectivity index (χ0) is 20.3. The molecule has 1 aliphatic heterocycles. The van der Waals surface area contributed by atoms with Gasteiger partial charge >= 0.3 is 0 Å². The van der Waals surface area contributed by atoms with Crippen molar-refractivity contribution in [3.63, 3.8) is 0 Å². The molecule has 2 heterocycles. The third-order valence-corrected chi connectivity index (χ3v) is 5.22. The monoisotopic (exact) mass is 423 g/mol. The van der Waals surface area contributed by atoms with E-state index in [4.69, 9.17) is 23.2 Å². The Morgan fingerprint density at radius 3 is 2.86 bits per heavy atom. The van der Waals surface area contributed by atoms with Crippen molar-refractivity contribution >= 4 is 40.7 Å². The van der Waals surface area contributed by atoms with Gasteiger partial charge in [-0.3, -0.25) is 14.3 Å². The zero-order valence-electron chi connectivity index (χ0n) is 15.9. The van der Waals surface area contributed by atoms with Crippen LogP contribution in [0.5, 0.6) is 0 Å². The molecule has 2 aromatic rings. The van der Waals surface area contributed by atoms with Gasteiger partial charge in [0.2, 0.25) is 5.91 Å². The first-order chi connectivity index (χ1) is 13.3. The maximum absolute atomic E-state index is 12.9. The van der Waals surface area contributed by atoms with Crippen molar-refractivity contribution in [1.82, 2.24) is 19.6 Å². The fraction of sp³-hybridized carbons (Fsp3) is 0.421. The normalized spacial score (nSPS) is 16.6. The molecule has 0 radical (unpaired) electrons. The Morgan fingerprint density at radius 1 is 1.32 bits per heavy atom. The van der Waals surface area contributed by atoms with Gasteiger partial charge in [0, 0.05) is 24.3 Å². The van der Waals surface area contributed by atoms with Crippen LogP contribution < -0.4 is 5.32 Å². The number of benzene rings is 1. The maximum atomic E-state index is 12.9. The summed E-state index contributed by atoms with van der Waals surface area (Å²) < 4.78 is 1.78. The summed E-state index contributed by atoms with van der Waals surface area (Å²) in [4.78, 5) is 29.3. The standard InChI is InChI=1S/C19H23Cl2N5O2/c1-24(2)8-9-25-12-14(11-22-25)23-18(27)17-4-3-7-26(17)19(28)15-10-13(20)5-6-16(15)21/h5-6,10-12,17H,3-4,7-9H2,1-2H3,(H,23,27). The first kappa shape index (κ1) is 20.6. The molecule has 1 aliphatic rings. The topological polar surface area (TPSA) is 70.5 Å². The SMILES string of the molecule is CN(C)CCn1cc(NC(=O)C2CCCN2C(=O)c2cc(Cl)ccc2Cl)cn1. The van der Waals surface area contributed by atoms with Gasteiger partial charge in [0.1, 0.15) is 6.04 Å². The quantitative estimate of drug-likeness (QED) is 0.774. The fourth-order valence-corrected chi connectivity index (χ4v) is 3.55. The minimum atomic E-state index is -0.548. The van der Waals surface area contributed by atoms with Gasteiger partial charge in [-0.1, -0.05) is 23.2 Å². The van der Waals surface area contributed by atoms with E-state index in [0.717, 1.165) is 19.5 Å². The van der Waals surface area contributed by atoms with Crippen LogP contribution >= 0.6 is 23.2 Å². The number of rotatable bonds is 6. The van der Waals surface area contributed by atoms with E-state index >= 15 is 0 Å². The summed E-state index contributed by atoms with van der Waals surface area (Å²) in [7, 11) is 3.98. The average Bonchev–Trinajstić information content (AvgIpc) is 3.30. The lowest BCUT2D eigenvalue weighted by Crippen LogP contribution is -2.43. The number of carbonyl (C=O) groups is 2. The van der Waals surface area contributed by atoms with Crippen LogP contribution in [0.4, 0.5) is 5.69 Å². The second-order valence-corrected chi connectivity index (χ2v) is 7.91. The van der Waals surface area contributed by atoms with Gasteiger partial charge in [-0.05, 0) is 45.1 Å². The highest BCUT2D eigenvalue weighted by molar-refractivity contribution is 6.35. The Labute approximate surface area is 174 Å². The molecular formula is C19H23Cl2N5O2. The number of hydrogen-bond acceptors (Lipinski definition) is 4. The molecule has 0 saturated carbocycles. The van der Waals surface area contributed by atoms with Crippen molar-refractivity contribution in [3.8, 4) is 0 Å². The number of amides is 2. The number of anilines is 1. The van der Waals surface area contributed by atoms with E-state index < -0.39 is 6.04 Å². The number of hydrogen-bond donors (Lipinski definition) is 1. The van der Waals surface area contributed by atoms with E-state index in [1.165, 1.54) is 6.07 Å². The van der Waals surface area contributed by atoms with Crippen molar-refractivity contribution in [2.45, 2.75) is 25.4 Å². The molecule has 0 aliphatic carbocycles. The molecule has 1 unspecified atom stereocenters. The van der Waals surface area contributed by atoms with Crippen molar-refractivity contribution in [3.05, 3.63) is 46.2 Å². The van der Waals surface area contributed by atoms with Crippen molar-refractivity contribution in [2.75, 3.05) is 32.5 Å². The van der Waals surface area contributed by atoms with E-state index in [1.807, 2.05) is 14.1 Å². The number of likely N-dealkylation sites (N-methyl/N-ethyl adjacent to an activating group) is 1. The largest absolute Gasteiger partial charge is 0.327 e. The Balaban J connectivity index is 1.68. The lowest BCUT2D eigenvalue weighted by molar-refractivity contribution is -0.119. The van der Waals surface area contributed by atoms with Gasteiger partial charge in [0.25, 0.3) is 5.91 Å². The van der Waals surface area contributed by atoms with E-state index in [-0.39, 0.29) is 11.8 Å². The number of halogens is 2. The zero-order valence-corrected chi connectivity index (χ0v) is 17.4. The van der Waals surface area contributed by atoms with E-state index in [2.05, 4.69) is 15.3 Å². The first-order valence-corrected chi connectivity index (χ1v) is 9.85. The van der Waals surface area contributed by atoms with Gasteiger partial charge in [0.05, 0.1) is 29.0 Å². The van der Waals surface area contributed by atoms with Crippen LogP contribution in [0.15, 0.2) is 30.6 Å². The minimum Gasteiger partial charge on any atom is -0.327 e. The number of carbonyl (C=O) groups excluding carboxylic acids is 2. The number of aromatic nitrogens is 2. The molecule has 1 aromatic heterocycles. The summed E-state index contributed by atoms with van der Waals surface area (Å²) in [6.45, 7) is 2.08. The van der Waals surface area contributed by atoms with Crippen LogP contribution in [-0.4, -0.2) is 64.6 Å². The van der Waals surface area contributed by atoms with Crippen LogP contribution in [0, 0.1) is 0 Å². The molecule has 1 atom stereocenters. The maximum Gasteiger partial charge on any atom is 0.256 e. The van der Waals surface area contributed by atoms with Crippen molar-refractivity contribution in [2.24, 2.45) is 0 Å². The molecule has 0 spiro atoms. The van der Waals surface area contributed by atoms with Crippen LogP contribution in [0.1, 0.15) is 23.2 Å². The molecule has 2 amide bonds. The predicted molar refractivity (Wildman–Crippen MR) is 110 cm³/mol. The third kappa shape index (κ3) is 4.84. The summed E-state index contributed by atoms with van der Waals surface area (Å²) in [5.74, 6) is -0.511. The third-order valence-electron chi connectivity index (χ3n) is 4.65. The second-order valence-electron chi connectivity index (χ2n) is 7.07. The van der Waals surface area contributed by atoms with Crippen molar-refractivity contribution < 1.29 is 9.59 Å². The van der Waals surface area contributed by atoms with E-state index in [1.54, 1.807) is 34.1 Å². The van der Waals surface area contributed by atoms with E-state index in [0.29, 0.717) is 34.3 Å². The van der Waals surface area contributed by atoms with Gasteiger partial charge in [-0.15, -0.1) is 0 Å². The molecule has 7 nitrogen and oxygen atoms in total. The molecule has 0 bridgehead atoms. The van der Waals surface area contributed by atoms with Gasteiger partial charge in [-0.25, -0.2) is 0 Å². The molecule has 1 N–H and O–H groups in total. The molecule has 1 saturated heterocycles. The van der Waals surface area contributed by atoms with Crippen molar-refractivity contribution in [1.29, 1.82) is 0 Å². The van der Waals surface area contributed by atoms with Crippen LogP contribution in [-0.2, 0) is 11.3 Å². The summed E-state index contributed by atoms with van der Waals surface area (Å²) in [6, 6.07) is 4.20. The van der Waals surface area contributed by atoms with E-state index in [9.17, 15) is 9.59 Å². The molecule has 28 heavy (non-hydrogen) atoms. The Morgan fingerprint density at radius 2 is 2.11 bits per heavy atom. The van der Waals surface area contributed by atoms with Crippen LogP contribution in [0.25, 0.3) is 0 Å². The highest BCUT2D eigenvalue weighted by atomic mass is 35.5. The lowest BCUT2D eigenvalue weighted by Gasteiger charge is -2.24. The Hall–Kier alpha value is -2.09. The highest BCUT2D eigenvalue weighted by Crippen LogP contribution is 2.26. The summed E-state index contributed by atoms with van der Waals surface area (Å²) in [5, 5.41) is 7.87. The lowest BCUT2D eigenvalue weighted by atomic mass is 10.1. The Kier molecular flexibility index (Phi) is 6.59. The van der Waals surface area contributed by atoms with Gasteiger partial charge < -0.3 is 15.1 Å². The number of likely N-dealkylation sites (tertiary alicyclic amines) is 1. The summed E-state index contributed by atoms with van der Waals surface area (Å²) >= 11 is 12.2. The smallest absolute Gasteiger partial charge is 0.256 e. The molecule has 150 valence electrons. The molecule has 3 rings (SSSR count). The number of nitrogens with zero attached hydrogens (tertiary/aromatic N) is 4. The molecule has 9 heteroatoms. The first-order valence-electron chi connectivity index (χ1n) is 9.09. The van der Waals surface area contributed by atoms with Gasteiger partial charge in [0.15, 0.2) is 0 Å². The van der Waals surface area contributed by atoms with Gasteiger partial charge in [-0.2, -0.15) is 5.10 Å². The average molecular weight is 424 g/mol. The summed E-state index contributed by atoms with van der Waals surface area (Å²) in [6.07, 6.45) is 4.76. The fourth-order valence-electron chi connectivity index (χ4n) is 3.18. The summed E-state index contributed by atoms with van der Waals surface area (Å²) in [5.41, 5.74) is 0.925. The molecule has 1 fully saturated rings. The second kappa shape index (κ2) is 8.94. The number of nitrogens with one attached hydrogen (secondary N) is 1. The van der Waals surface area contributed by atoms with Crippen LogP contribution in [0.3, 0.4) is 0 Å². The predicted octanol–water partition coefficient (Wildman–Crippen LogP) is 2.99. The minimum absolute atomic E-state index is 0.226. The molecule has 1 aromatic carbocycles. The van der Waals surface area contributed by atoms with Crippen LogP contribution in [0.2, 0.25) is 10.0 Å².